The standard InChI is InChI=1S/C20H21BrO3/c1-20(2,3)15-8-6-14(7-9-15)17(22)10-5-13-11-16(21)19(23)18(12-13)24-4/h5-12,23H,1-4H3/b10-5+. The van der Waals surface area contributed by atoms with E-state index >= 15 is 0 Å². The number of aromatic hydroxyl groups is 1. The number of carbonyl (C=O) groups excluding carboxylic acids is 1. The minimum Gasteiger partial charge on any atom is -0.503 e. The molecule has 24 heavy (non-hydrogen) atoms. The molecule has 0 saturated heterocycles. The molecule has 0 unspecified atom stereocenters. The molecule has 0 spiro atoms. The van der Waals surface area contributed by atoms with E-state index in [0.717, 1.165) is 5.56 Å². The minimum atomic E-state index is -0.0707. The number of phenolic OH excluding ortho intramolecular Hbond substituents is 1. The average molecular weight is 389 g/mol. The maximum absolute atomic E-state index is 12.3. The largest absolute Gasteiger partial charge is 0.503 e. The summed E-state index contributed by atoms with van der Waals surface area (Å²) in [7, 11) is 1.48. The molecule has 4 heteroatoms. The Morgan fingerprint density at radius 1 is 1.17 bits per heavy atom. The summed E-state index contributed by atoms with van der Waals surface area (Å²) >= 11 is 3.27. The van der Waals surface area contributed by atoms with Crippen LogP contribution in [0.5, 0.6) is 11.5 Å². The van der Waals surface area contributed by atoms with Gasteiger partial charge >= 0.3 is 0 Å². The quantitative estimate of drug-likeness (QED) is 0.566. The van der Waals surface area contributed by atoms with Crippen molar-refractivity contribution >= 4 is 27.8 Å². The predicted molar refractivity (Wildman–Crippen MR) is 101 cm³/mol. The highest BCUT2D eigenvalue weighted by molar-refractivity contribution is 9.10. The summed E-state index contributed by atoms with van der Waals surface area (Å²) < 4.78 is 5.62. The molecule has 2 aromatic carbocycles. The molecule has 0 saturated carbocycles. The Labute approximate surface area is 151 Å². The first kappa shape index (κ1) is 18.3. The number of benzene rings is 2. The van der Waals surface area contributed by atoms with Crippen LogP contribution < -0.4 is 4.74 Å². The topological polar surface area (TPSA) is 46.5 Å². The number of carbonyl (C=O) groups is 1. The Morgan fingerprint density at radius 2 is 1.79 bits per heavy atom. The SMILES string of the molecule is COc1cc(/C=C/C(=O)c2ccc(C(C)(C)C)cc2)cc(Br)c1O. The van der Waals surface area contributed by atoms with Gasteiger partial charge in [0.2, 0.25) is 0 Å². The van der Waals surface area contributed by atoms with E-state index in [4.69, 9.17) is 4.74 Å². The normalized spacial score (nSPS) is 11.7. The van der Waals surface area contributed by atoms with Crippen LogP contribution in [-0.4, -0.2) is 18.0 Å². The number of hydrogen-bond donors (Lipinski definition) is 1. The van der Waals surface area contributed by atoms with E-state index in [0.29, 0.717) is 15.8 Å². The molecule has 0 aliphatic carbocycles. The van der Waals surface area contributed by atoms with E-state index in [1.54, 1.807) is 18.2 Å². The van der Waals surface area contributed by atoms with Crippen LogP contribution in [0.2, 0.25) is 0 Å². The second-order valence-corrected chi connectivity index (χ2v) is 7.43. The number of phenols is 1. The van der Waals surface area contributed by atoms with Crippen LogP contribution in [0.25, 0.3) is 6.08 Å². The lowest BCUT2D eigenvalue weighted by atomic mass is 9.86. The molecule has 0 atom stereocenters. The van der Waals surface area contributed by atoms with Crippen LogP contribution in [0.3, 0.4) is 0 Å². The maximum Gasteiger partial charge on any atom is 0.185 e. The molecule has 0 aliphatic heterocycles. The molecule has 126 valence electrons. The third-order valence-corrected chi connectivity index (χ3v) is 4.34. The fourth-order valence-corrected chi connectivity index (χ4v) is 2.71. The van der Waals surface area contributed by atoms with Gasteiger partial charge in [0.1, 0.15) is 0 Å². The molecule has 0 aromatic heterocycles. The predicted octanol–water partition coefficient (Wildman–Crippen LogP) is 5.36. The van der Waals surface area contributed by atoms with Crippen LogP contribution in [-0.2, 0) is 5.41 Å². The summed E-state index contributed by atoms with van der Waals surface area (Å²) in [6.45, 7) is 6.42. The van der Waals surface area contributed by atoms with Gasteiger partial charge in [0.25, 0.3) is 0 Å². The second kappa shape index (κ2) is 7.22. The lowest BCUT2D eigenvalue weighted by Crippen LogP contribution is -2.11. The summed E-state index contributed by atoms with van der Waals surface area (Å²) in [5, 5.41) is 9.81. The van der Waals surface area contributed by atoms with Gasteiger partial charge in [-0.25, -0.2) is 0 Å². The van der Waals surface area contributed by atoms with Crippen LogP contribution in [0.4, 0.5) is 0 Å². The molecular weight excluding hydrogens is 368 g/mol. The van der Waals surface area contributed by atoms with Gasteiger partial charge < -0.3 is 9.84 Å². The number of halogens is 1. The van der Waals surface area contributed by atoms with E-state index in [1.165, 1.54) is 18.7 Å². The van der Waals surface area contributed by atoms with Gasteiger partial charge in [-0.2, -0.15) is 0 Å². The lowest BCUT2D eigenvalue weighted by Gasteiger charge is -2.18. The van der Waals surface area contributed by atoms with Gasteiger partial charge in [0, 0.05) is 5.56 Å². The zero-order valence-electron chi connectivity index (χ0n) is 14.3. The minimum absolute atomic E-state index is 0.0405. The smallest absolute Gasteiger partial charge is 0.185 e. The molecular formula is C20H21BrO3. The van der Waals surface area contributed by atoms with Crippen molar-refractivity contribution in [1.82, 2.24) is 0 Å². The summed E-state index contributed by atoms with van der Waals surface area (Å²) in [4.78, 5) is 12.3. The first-order valence-electron chi connectivity index (χ1n) is 7.62. The average Bonchev–Trinajstić information content (AvgIpc) is 2.54. The molecule has 0 amide bonds. The van der Waals surface area contributed by atoms with Crippen LogP contribution in [0.1, 0.15) is 42.3 Å². The number of ketones is 1. The van der Waals surface area contributed by atoms with Crippen LogP contribution in [0, 0.1) is 0 Å². The van der Waals surface area contributed by atoms with E-state index in [-0.39, 0.29) is 16.9 Å². The van der Waals surface area contributed by atoms with E-state index < -0.39 is 0 Å². The monoisotopic (exact) mass is 388 g/mol. The summed E-state index contributed by atoms with van der Waals surface area (Å²) in [5.41, 5.74) is 2.65. The second-order valence-electron chi connectivity index (χ2n) is 6.58. The molecule has 1 N–H and O–H groups in total. The summed E-state index contributed by atoms with van der Waals surface area (Å²) in [6, 6.07) is 11.1. The highest BCUT2D eigenvalue weighted by Crippen LogP contribution is 2.35. The number of hydrogen-bond acceptors (Lipinski definition) is 3. The van der Waals surface area contributed by atoms with Crippen LogP contribution >= 0.6 is 15.9 Å². The van der Waals surface area contributed by atoms with Crippen molar-refractivity contribution in [3.8, 4) is 11.5 Å². The van der Waals surface area contributed by atoms with Gasteiger partial charge in [-0.3, -0.25) is 4.79 Å². The van der Waals surface area contributed by atoms with Crippen molar-refractivity contribution in [2.24, 2.45) is 0 Å². The fraction of sp³-hybridized carbons (Fsp3) is 0.250. The Balaban J connectivity index is 2.20. The van der Waals surface area contributed by atoms with Crippen molar-refractivity contribution in [3.63, 3.8) is 0 Å². The molecule has 0 fully saturated rings. The molecule has 2 aromatic rings. The Bertz CT molecular complexity index is 769. The third kappa shape index (κ3) is 4.26. The van der Waals surface area contributed by atoms with Gasteiger partial charge in [-0.1, -0.05) is 51.1 Å². The van der Waals surface area contributed by atoms with E-state index in [9.17, 15) is 9.90 Å². The maximum atomic E-state index is 12.3. The number of allylic oxidation sites excluding steroid dienone is 1. The zero-order valence-corrected chi connectivity index (χ0v) is 15.8. The Hall–Kier alpha value is -2.07. The Morgan fingerprint density at radius 3 is 2.33 bits per heavy atom. The van der Waals surface area contributed by atoms with Gasteiger partial charge in [-0.15, -0.1) is 0 Å². The number of ether oxygens (including phenoxy) is 1. The molecule has 0 aliphatic rings. The fourth-order valence-electron chi connectivity index (χ4n) is 2.25. The van der Waals surface area contributed by atoms with Crippen molar-refractivity contribution in [2.45, 2.75) is 26.2 Å². The highest BCUT2D eigenvalue weighted by Gasteiger charge is 2.13. The summed E-state index contributed by atoms with van der Waals surface area (Å²) in [6.07, 6.45) is 3.22. The van der Waals surface area contributed by atoms with E-state index in [1.807, 2.05) is 24.3 Å². The van der Waals surface area contributed by atoms with E-state index in [2.05, 4.69) is 36.7 Å². The van der Waals surface area contributed by atoms with Gasteiger partial charge in [0.15, 0.2) is 17.3 Å². The first-order chi connectivity index (χ1) is 11.2. The summed E-state index contributed by atoms with van der Waals surface area (Å²) in [5.74, 6) is 0.323. The number of rotatable bonds is 4. The zero-order chi connectivity index (χ0) is 17.9. The third-order valence-electron chi connectivity index (χ3n) is 3.73. The van der Waals surface area contributed by atoms with Gasteiger partial charge in [0.05, 0.1) is 11.6 Å². The van der Waals surface area contributed by atoms with Crippen molar-refractivity contribution < 1.29 is 14.6 Å². The van der Waals surface area contributed by atoms with Crippen molar-refractivity contribution in [2.75, 3.05) is 7.11 Å². The van der Waals surface area contributed by atoms with Crippen LogP contribution in [0.15, 0.2) is 46.9 Å². The molecule has 0 radical (unpaired) electrons. The molecule has 0 heterocycles. The highest BCUT2D eigenvalue weighted by atomic mass is 79.9. The van der Waals surface area contributed by atoms with Crippen molar-refractivity contribution in [1.29, 1.82) is 0 Å². The Kier molecular flexibility index (Phi) is 5.50. The molecule has 3 nitrogen and oxygen atoms in total. The van der Waals surface area contributed by atoms with Crippen molar-refractivity contribution in [3.05, 3.63) is 63.6 Å². The molecule has 0 bridgehead atoms. The first-order valence-corrected chi connectivity index (χ1v) is 8.41. The molecule has 2 rings (SSSR count). The number of methoxy groups -OCH3 is 1. The lowest BCUT2D eigenvalue weighted by molar-refractivity contribution is 0.104. The van der Waals surface area contributed by atoms with Gasteiger partial charge in [-0.05, 0) is 50.7 Å².